The number of hydrogen-bond acceptors (Lipinski definition) is 3. The number of Topliss-reactive ketones (excluding diaryl/α,β-unsaturated/α-hetero) is 2. The largest absolute Gasteiger partial charge is 0.321 e. The van der Waals surface area contributed by atoms with Gasteiger partial charge in [0.15, 0.2) is 0 Å². The molecule has 0 aliphatic heterocycles. The Morgan fingerprint density at radius 1 is 1.18 bits per heavy atom. The maximum atomic E-state index is 11.1. The van der Waals surface area contributed by atoms with Crippen LogP contribution >= 0.6 is 0 Å². The molecule has 0 bridgehead atoms. The predicted octanol–water partition coefficient (Wildman–Crippen LogP) is 1.67. The first-order chi connectivity index (χ1) is 8.00. The van der Waals surface area contributed by atoms with Crippen molar-refractivity contribution in [2.24, 2.45) is 5.73 Å². The van der Waals surface area contributed by atoms with E-state index in [9.17, 15) is 9.59 Å². The summed E-state index contributed by atoms with van der Waals surface area (Å²) in [6.07, 6.45) is 1.80. The fraction of sp³-hybridized carbons (Fsp3) is 0.429. The molecule has 0 heterocycles. The van der Waals surface area contributed by atoms with Crippen molar-refractivity contribution in [1.29, 1.82) is 0 Å². The maximum Gasteiger partial charge on any atom is 0.146 e. The molecule has 0 radical (unpaired) electrons. The van der Waals surface area contributed by atoms with Crippen LogP contribution in [0, 0.1) is 0 Å². The van der Waals surface area contributed by atoms with E-state index in [0.29, 0.717) is 12.8 Å². The fourth-order valence-corrected chi connectivity index (χ4v) is 1.69. The second-order valence-electron chi connectivity index (χ2n) is 4.39. The maximum absolute atomic E-state index is 11.1. The third-order valence-corrected chi connectivity index (χ3v) is 2.83. The van der Waals surface area contributed by atoms with Gasteiger partial charge in [0.2, 0.25) is 0 Å². The van der Waals surface area contributed by atoms with Gasteiger partial charge in [0.25, 0.3) is 0 Å². The van der Waals surface area contributed by atoms with Gasteiger partial charge in [0, 0.05) is 6.42 Å². The highest BCUT2D eigenvalue weighted by Crippen LogP contribution is 2.13. The summed E-state index contributed by atoms with van der Waals surface area (Å²) in [4.78, 5) is 22.1. The third-order valence-electron chi connectivity index (χ3n) is 2.83. The summed E-state index contributed by atoms with van der Waals surface area (Å²) < 4.78 is 0. The summed E-state index contributed by atoms with van der Waals surface area (Å²) in [6, 6.07) is 7.38. The Balaban J connectivity index is 2.77. The monoisotopic (exact) mass is 233 g/mol. The summed E-state index contributed by atoms with van der Waals surface area (Å²) in [5.41, 5.74) is 7.93. The van der Waals surface area contributed by atoms with Crippen molar-refractivity contribution in [2.45, 2.75) is 39.2 Å². The molecule has 1 aromatic rings. The molecular weight excluding hydrogens is 214 g/mol. The van der Waals surface area contributed by atoms with Gasteiger partial charge in [-0.15, -0.1) is 0 Å². The van der Waals surface area contributed by atoms with Crippen molar-refractivity contribution in [1.82, 2.24) is 0 Å². The zero-order chi connectivity index (χ0) is 12.8. The minimum atomic E-state index is -0.450. The molecule has 92 valence electrons. The van der Waals surface area contributed by atoms with Crippen LogP contribution in [0.25, 0.3) is 0 Å². The van der Waals surface area contributed by atoms with Gasteiger partial charge in [-0.2, -0.15) is 0 Å². The number of aryl methyl sites for hydroxylation is 1. The Morgan fingerprint density at radius 2 is 1.76 bits per heavy atom. The van der Waals surface area contributed by atoms with E-state index < -0.39 is 6.04 Å². The quantitative estimate of drug-likeness (QED) is 0.813. The third kappa shape index (κ3) is 4.49. The zero-order valence-electron chi connectivity index (χ0n) is 10.4. The second-order valence-corrected chi connectivity index (χ2v) is 4.39. The smallest absolute Gasteiger partial charge is 0.146 e. The molecule has 0 aliphatic carbocycles. The first-order valence-electron chi connectivity index (χ1n) is 5.83. The number of carbonyl (C=O) groups excluding carboxylic acids is 2. The highest BCUT2D eigenvalue weighted by atomic mass is 16.1. The summed E-state index contributed by atoms with van der Waals surface area (Å²) in [5, 5.41) is 0. The lowest BCUT2D eigenvalue weighted by Gasteiger charge is -2.12. The molecule has 0 spiro atoms. The van der Waals surface area contributed by atoms with E-state index in [1.807, 2.05) is 24.3 Å². The standard InChI is InChI=1S/C14H19NO2/c1-10(16)7-8-12-5-3-4-6-13(12)9-14(15)11(2)17/h3-6,14H,7-9,15H2,1-2H3/t14-/m0/s1. The fourth-order valence-electron chi connectivity index (χ4n) is 1.69. The van der Waals surface area contributed by atoms with Crippen molar-refractivity contribution in [3.63, 3.8) is 0 Å². The molecule has 0 aromatic heterocycles. The Bertz CT molecular complexity index is 412. The number of hydrogen-bond donors (Lipinski definition) is 1. The van der Waals surface area contributed by atoms with E-state index in [1.165, 1.54) is 6.92 Å². The van der Waals surface area contributed by atoms with E-state index in [4.69, 9.17) is 5.73 Å². The molecule has 0 amide bonds. The summed E-state index contributed by atoms with van der Waals surface area (Å²) >= 11 is 0. The van der Waals surface area contributed by atoms with Crippen molar-refractivity contribution < 1.29 is 9.59 Å². The van der Waals surface area contributed by atoms with Gasteiger partial charge >= 0.3 is 0 Å². The molecular formula is C14H19NO2. The number of rotatable bonds is 6. The van der Waals surface area contributed by atoms with Crippen molar-refractivity contribution in [2.75, 3.05) is 0 Å². The van der Waals surface area contributed by atoms with Crippen LogP contribution in [0.1, 0.15) is 31.4 Å². The molecule has 1 atom stereocenters. The summed E-state index contributed by atoms with van der Waals surface area (Å²) in [5.74, 6) is 0.169. The number of ketones is 2. The average molecular weight is 233 g/mol. The predicted molar refractivity (Wildman–Crippen MR) is 67.8 cm³/mol. The van der Waals surface area contributed by atoms with Gasteiger partial charge in [-0.1, -0.05) is 24.3 Å². The molecule has 1 rings (SSSR count). The molecule has 2 N–H and O–H groups in total. The van der Waals surface area contributed by atoms with Crippen LogP contribution in [0.5, 0.6) is 0 Å². The summed E-state index contributed by atoms with van der Waals surface area (Å²) in [7, 11) is 0. The van der Waals surface area contributed by atoms with Crippen LogP contribution in [0.15, 0.2) is 24.3 Å². The molecule has 17 heavy (non-hydrogen) atoms. The van der Waals surface area contributed by atoms with E-state index in [0.717, 1.165) is 17.5 Å². The average Bonchev–Trinajstić information content (AvgIpc) is 2.27. The van der Waals surface area contributed by atoms with E-state index >= 15 is 0 Å². The van der Waals surface area contributed by atoms with Crippen LogP contribution in [0.4, 0.5) is 0 Å². The Kier molecular flexibility index (Phi) is 5.04. The molecule has 3 nitrogen and oxygen atoms in total. The highest BCUT2D eigenvalue weighted by Gasteiger charge is 2.11. The lowest BCUT2D eigenvalue weighted by Crippen LogP contribution is -2.30. The first kappa shape index (κ1) is 13.6. The van der Waals surface area contributed by atoms with Crippen LogP contribution in [-0.2, 0) is 22.4 Å². The molecule has 0 saturated heterocycles. The van der Waals surface area contributed by atoms with Gasteiger partial charge in [-0.3, -0.25) is 4.79 Å². The first-order valence-corrected chi connectivity index (χ1v) is 5.83. The van der Waals surface area contributed by atoms with Crippen molar-refractivity contribution >= 4 is 11.6 Å². The molecule has 0 unspecified atom stereocenters. The van der Waals surface area contributed by atoms with Crippen molar-refractivity contribution in [3.05, 3.63) is 35.4 Å². The Morgan fingerprint density at radius 3 is 2.29 bits per heavy atom. The van der Waals surface area contributed by atoms with Crippen LogP contribution in [-0.4, -0.2) is 17.6 Å². The second kappa shape index (κ2) is 6.30. The van der Waals surface area contributed by atoms with E-state index in [-0.39, 0.29) is 11.6 Å². The number of nitrogens with two attached hydrogens (primary N) is 1. The lowest BCUT2D eigenvalue weighted by molar-refractivity contribution is -0.118. The SMILES string of the molecule is CC(=O)CCc1ccccc1C[C@H](N)C(C)=O. The van der Waals surface area contributed by atoms with E-state index in [1.54, 1.807) is 6.92 Å². The van der Waals surface area contributed by atoms with Gasteiger partial charge in [-0.05, 0) is 37.8 Å². The highest BCUT2D eigenvalue weighted by molar-refractivity contribution is 5.81. The molecule has 1 aromatic carbocycles. The minimum absolute atomic E-state index is 0.00799. The number of benzene rings is 1. The van der Waals surface area contributed by atoms with E-state index in [2.05, 4.69) is 0 Å². The molecule has 0 fully saturated rings. The van der Waals surface area contributed by atoms with Gasteiger partial charge in [-0.25, -0.2) is 0 Å². The van der Waals surface area contributed by atoms with Crippen LogP contribution < -0.4 is 5.73 Å². The number of carbonyl (C=O) groups is 2. The van der Waals surface area contributed by atoms with Crippen LogP contribution in [0.2, 0.25) is 0 Å². The Labute approximate surface area is 102 Å². The molecule has 0 saturated carbocycles. The normalized spacial score (nSPS) is 12.2. The zero-order valence-corrected chi connectivity index (χ0v) is 10.4. The molecule has 0 aliphatic rings. The Hall–Kier alpha value is -1.48. The molecule has 3 heteroatoms. The summed E-state index contributed by atoms with van der Waals surface area (Å²) in [6.45, 7) is 3.09. The van der Waals surface area contributed by atoms with Gasteiger partial charge in [0.05, 0.1) is 6.04 Å². The van der Waals surface area contributed by atoms with Gasteiger partial charge in [0.1, 0.15) is 11.6 Å². The topological polar surface area (TPSA) is 60.2 Å². The van der Waals surface area contributed by atoms with Crippen LogP contribution in [0.3, 0.4) is 0 Å². The van der Waals surface area contributed by atoms with Gasteiger partial charge < -0.3 is 10.5 Å². The minimum Gasteiger partial charge on any atom is -0.321 e. The van der Waals surface area contributed by atoms with Crippen molar-refractivity contribution in [3.8, 4) is 0 Å². The lowest BCUT2D eigenvalue weighted by atomic mass is 9.96.